The number of hydrogen-bond acceptors (Lipinski definition) is 3. The van der Waals surface area contributed by atoms with E-state index in [0.29, 0.717) is 11.4 Å². The van der Waals surface area contributed by atoms with Gasteiger partial charge in [0.15, 0.2) is 0 Å². The first kappa shape index (κ1) is 15.4. The van der Waals surface area contributed by atoms with Gasteiger partial charge in [-0.2, -0.15) is 0 Å². The number of benzene rings is 2. The molecular weight excluding hydrogens is 284 g/mol. The van der Waals surface area contributed by atoms with Crippen LogP contribution in [0.1, 0.15) is 18.1 Å². The summed E-state index contributed by atoms with van der Waals surface area (Å²) < 4.78 is 26.6. The highest BCUT2D eigenvalue weighted by Crippen LogP contribution is 2.25. The van der Waals surface area contributed by atoms with Gasteiger partial charge in [0.2, 0.25) is 0 Å². The first-order chi connectivity index (χ1) is 9.86. The second-order valence-electron chi connectivity index (χ2n) is 5.03. The summed E-state index contributed by atoms with van der Waals surface area (Å²) in [5, 5.41) is 0. The van der Waals surface area contributed by atoms with Crippen LogP contribution in [0, 0.1) is 6.92 Å². The van der Waals surface area contributed by atoms with Crippen LogP contribution in [0.5, 0.6) is 0 Å². The van der Waals surface area contributed by atoms with Crippen LogP contribution in [-0.4, -0.2) is 15.5 Å². The van der Waals surface area contributed by atoms with Crippen molar-refractivity contribution in [2.75, 3.05) is 17.1 Å². The van der Waals surface area contributed by atoms with E-state index in [4.69, 9.17) is 5.73 Å². The van der Waals surface area contributed by atoms with E-state index in [-0.39, 0.29) is 4.90 Å². The molecule has 0 bridgehead atoms. The molecule has 2 aromatic carbocycles. The molecule has 0 aliphatic heterocycles. The van der Waals surface area contributed by atoms with Crippen LogP contribution in [0.25, 0.3) is 0 Å². The van der Waals surface area contributed by atoms with Crippen molar-refractivity contribution in [1.82, 2.24) is 0 Å². The number of nitrogens with two attached hydrogens (primary N) is 1. The number of rotatable bonds is 4. The standard InChI is InChI=1S/C16H20N2O2S/c1-4-13-8-9-15(11-16(13)17)21(19,20)18(3)14-7-5-6-12(2)10-14/h5-11H,4,17H2,1-3H3. The van der Waals surface area contributed by atoms with Crippen LogP contribution in [0.15, 0.2) is 47.4 Å². The van der Waals surface area contributed by atoms with Crippen molar-refractivity contribution in [1.29, 1.82) is 0 Å². The Hall–Kier alpha value is -2.01. The zero-order valence-electron chi connectivity index (χ0n) is 12.5. The van der Waals surface area contributed by atoms with E-state index >= 15 is 0 Å². The molecule has 0 heterocycles. The zero-order chi connectivity index (χ0) is 15.6. The predicted octanol–water partition coefficient (Wildman–Crippen LogP) is 2.96. The third-order valence-corrected chi connectivity index (χ3v) is 5.30. The van der Waals surface area contributed by atoms with Crippen molar-refractivity contribution in [3.05, 3.63) is 53.6 Å². The van der Waals surface area contributed by atoms with Gasteiger partial charge in [-0.25, -0.2) is 8.42 Å². The molecule has 0 radical (unpaired) electrons. The fourth-order valence-electron chi connectivity index (χ4n) is 2.18. The molecule has 5 heteroatoms. The molecule has 0 spiro atoms. The molecule has 0 unspecified atom stereocenters. The van der Waals surface area contributed by atoms with Gasteiger partial charge in [0.25, 0.3) is 10.0 Å². The molecule has 2 aromatic rings. The maximum Gasteiger partial charge on any atom is 0.264 e. The molecule has 0 amide bonds. The Morgan fingerprint density at radius 2 is 1.86 bits per heavy atom. The van der Waals surface area contributed by atoms with Gasteiger partial charge in [0.1, 0.15) is 0 Å². The van der Waals surface area contributed by atoms with Crippen molar-refractivity contribution >= 4 is 21.4 Å². The Bertz CT molecular complexity index is 755. The number of anilines is 2. The lowest BCUT2D eigenvalue weighted by Crippen LogP contribution is -2.26. The summed E-state index contributed by atoms with van der Waals surface area (Å²) in [6, 6.07) is 12.3. The van der Waals surface area contributed by atoms with E-state index in [9.17, 15) is 8.42 Å². The fourth-order valence-corrected chi connectivity index (χ4v) is 3.40. The largest absolute Gasteiger partial charge is 0.398 e. The van der Waals surface area contributed by atoms with E-state index in [1.165, 1.54) is 10.4 Å². The molecule has 0 saturated heterocycles. The Morgan fingerprint density at radius 3 is 2.43 bits per heavy atom. The van der Waals surface area contributed by atoms with Crippen molar-refractivity contribution in [3.8, 4) is 0 Å². The SMILES string of the molecule is CCc1ccc(S(=O)(=O)N(C)c2cccc(C)c2)cc1N. The summed E-state index contributed by atoms with van der Waals surface area (Å²) in [4.78, 5) is 0.209. The van der Waals surface area contributed by atoms with E-state index in [1.54, 1.807) is 25.2 Å². The predicted molar refractivity (Wildman–Crippen MR) is 87.0 cm³/mol. The number of sulfonamides is 1. The summed E-state index contributed by atoms with van der Waals surface area (Å²) >= 11 is 0. The molecule has 21 heavy (non-hydrogen) atoms. The van der Waals surface area contributed by atoms with Gasteiger partial charge in [-0.3, -0.25) is 4.31 Å². The van der Waals surface area contributed by atoms with Crippen molar-refractivity contribution < 1.29 is 8.42 Å². The first-order valence-electron chi connectivity index (χ1n) is 6.80. The highest BCUT2D eigenvalue weighted by molar-refractivity contribution is 7.92. The maximum atomic E-state index is 12.7. The minimum absolute atomic E-state index is 0.209. The summed E-state index contributed by atoms with van der Waals surface area (Å²) in [6.07, 6.45) is 0.778. The topological polar surface area (TPSA) is 63.4 Å². The second kappa shape index (κ2) is 5.77. The van der Waals surface area contributed by atoms with Crippen molar-refractivity contribution in [2.45, 2.75) is 25.2 Å². The molecule has 2 N–H and O–H groups in total. The van der Waals surface area contributed by atoms with Gasteiger partial charge in [0, 0.05) is 12.7 Å². The van der Waals surface area contributed by atoms with Gasteiger partial charge in [-0.05, 0) is 48.7 Å². The Kier molecular flexibility index (Phi) is 4.23. The maximum absolute atomic E-state index is 12.7. The molecule has 0 saturated carbocycles. The zero-order valence-corrected chi connectivity index (χ0v) is 13.3. The third-order valence-electron chi connectivity index (χ3n) is 3.52. The quantitative estimate of drug-likeness (QED) is 0.883. The van der Waals surface area contributed by atoms with Gasteiger partial charge in [0.05, 0.1) is 10.6 Å². The van der Waals surface area contributed by atoms with E-state index in [1.807, 2.05) is 32.0 Å². The monoisotopic (exact) mass is 304 g/mol. The molecule has 2 rings (SSSR count). The first-order valence-corrected chi connectivity index (χ1v) is 8.24. The highest BCUT2D eigenvalue weighted by atomic mass is 32.2. The second-order valence-corrected chi connectivity index (χ2v) is 6.99. The Balaban J connectivity index is 2.44. The Morgan fingerprint density at radius 1 is 1.14 bits per heavy atom. The van der Waals surface area contributed by atoms with Crippen LogP contribution < -0.4 is 10.0 Å². The molecule has 0 aromatic heterocycles. The lowest BCUT2D eigenvalue weighted by molar-refractivity contribution is 0.594. The highest BCUT2D eigenvalue weighted by Gasteiger charge is 2.22. The van der Waals surface area contributed by atoms with Crippen LogP contribution in [0.4, 0.5) is 11.4 Å². The number of hydrogen-bond donors (Lipinski definition) is 1. The van der Waals surface area contributed by atoms with Gasteiger partial charge in [-0.15, -0.1) is 0 Å². The number of nitrogens with zero attached hydrogens (tertiary/aromatic N) is 1. The van der Waals surface area contributed by atoms with Gasteiger partial charge >= 0.3 is 0 Å². The summed E-state index contributed by atoms with van der Waals surface area (Å²) in [5.41, 5.74) is 9.01. The smallest absolute Gasteiger partial charge is 0.264 e. The van der Waals surface area contributed by atoms with Crippen LogP contribution in [0.3, 0.4) is 0 Å². The number of aryl methyl sites for hydroxylation is 2. The van der Waals surface area contributed by atoms with E-state index in [0.717, 1.165) is 17.5 Å². The molecule has 0 fully saturated rings. The summed E-state index contributed by atoms with van der Waals surface area (Å²) in [5.74, 6) is 0. The van der Waals surface area contributed by atoms with Crippen LogP contribution in [0.2, 0.25) is 0 Å². The van der Waals surface area contributed by atoms with Gasteiger partial charge < -0.3 is 5.73 Å². The van der Waals surface area contributed by atoms with Crippen LogP contribution in [-0.2, 0) is 16.4 Å². The average Bonchev–Trinajstić information content (AvgIpc) is 2.46. The molecular formula is C16H20N2O2S. The minimum atomic E-state index is -3.60. The molecule has 0 aliphatic carbocycles. The van der Waals surface area contributed by atoms with Crippen molar-refractivity contribution in [2.24, 2.45) is 0 Å². The normalized spacial score (nSPS) is 11.4. The van der Waals surface area contributed by atoms with E-state index in [2.05, 4.69) is 0 Å². The van der Waals surface area contributed by atoms with Crippen molar-refractivity contribution in [3.63, 3.8) is 0 Å². The molecule has 112 valence electrons. The third kappa shape index (κ3) is 3.03. The summed E-state index contributed by atoms with van der Waals surface area (Å²) in [7, 11) is -2.05. The lowest BCUT2D eigenvalue weighted by atomic mass is 10.1. The summed E-state index contributed by atoms with van der Waals surface area (Å²) in [6.45, 7) is 3.91. The minimum Gasteiger partial charge on any atom is -0.398 e. The molecule has 0 atom stereocenters. The fraction of sp³-hybridized carbons (Fsp3) is 0.250. The Labute approximate surface area is 126 Å². The molecule has 4 nitrogen and oxygen atoms in total. The number of nitrogen functional groups attached to an aromatic ring is 1. The average molecular weight is 304 g/mol. The van der Waals surface area contributed by atoms with Gasteiger partial charge in [-0.1, -0.05) is 25.1 Å². The van der Waals surface area contributed by atoms with E-state index < -0.39 is 10.0 Å². The van der Waals surface area contributed by atoms with Crippen LogP contribution >= 0.6 is 0 Å². The molecule has 0 aliphatic rings. The lowest BCUT2D eigenvalue weighted by Gasteiger charge is -2.20.